The van der Waals surface area contributed by atoms with Crippen molar-refractivity contribution in [1.29, 1.82) is 0 Å². The summed E-state index contributed by atoms with van der Waals surface area (Å²) in [5.74, 6) is 0.284. The zero-order chi connectivity index (χ0) is 22.4. The van der Waals surface area contributed by atoms with Gasteiger partial charge in [-0.25, -0.2) is 4.39 Å². The Morgan fingerprint density at radius 3 is 2.77 bits per heavy atom. The lowest BCUT2D eigenvalue weighted by Gasteiger charge is -2.36. The fourth-order valence-corrected chi connectivity index (χ4v) is 3.70. The van der Waals surface area contributed by atoms with E-state index in [1.54, 1.807) is 12.1 Å². The summed E-state index contributed by atoms with van der Waals surface area (Å²) in [7, 11) is 1.45. The Bertz CT molecular complexity index is 897. The smallest absolute Gasteiger partial charge is 0.255 e. The molecule has 0 spiro atoms. The van der Waals surface area contributed by atoms with Crippen molar-refractivity contribution in [1.82, 2.24) is 10.2 Å². The third-order valence-corrected chi connectivity index (χ3v) is 5.57. The van der Waals surface area contributed by atoms with E-state index in [1.807, 2.05) is 0 Å². The van der Waals surface area contributed by atoms with Crippen molar-refractivity contribution in [2.45, 2.75) is 25.0 Å². The molecule has 3 rings (SSSR count). The molecule has 4 N–H and O–H groups in total. The number of rotatable bonds is 8. The summed E-state index contributed by atoms with van der Waals surface area (Å²) in [4.78, 5) is 14.8. The molecule has 7 nitrogen and oxygen atoms in total. The maximum atomic E-state index is 12.9. The van der Waals surface area contributed by atoms with Crippen LogP contribution in [0, 0.1) is 5.82 Å². The number of benzene rings is 2. The van der Waals surface area contributed by atoms with Gasteiger partial charge in [-0.1, -0.05) is 11.6 Å². The molecule has 2 atom stereocenters. The van der Waals surface area contributed by atoms with Gasteiger partial charge >= 0.3 is 0 Å². The van der Waals surface area contributed by atoms with Gasteiger partial charge in [-0.05, 0) is 43.2 Å². The summed E-state index contributed by atoms with van der Waals surface area (Å²) in [6.07, 6.45) is 0.671. The number of hydrogen-bond acceptors (Lipinski definition) is 6. The van der Waals surface area contributed by atoms with Crippen LogP contribution >= 0.6 is 11.6 Å². The zero-order valence-electron chi connectivity index (χ0n) is 17.3. The maximum Gasteiger partial charge on any atom is 0.255 e. The second-order valence-electron chi connectivity index (χ2n) is 7.47. The number of nitrogens with one attached hydrogen (secondary N) is 1. The number of anilines is 1. The number of piperidine rings is 1. The fourth-order valence-electron chi connectivity index (χ4n) is 3.54. The van der Waals surface area contributed by atoms with Gasteiger partial charge in [0.15, 0.2) is 0 Å². The van der Waals surface area contributed by atoms with Crippen molar-refractivity contribution in [3.63, 3.8) is 0 Å². The van der Waals surface area contributed by atoms with Gasteiger partial charge < -0.3 is 30.5 Å². The first-order valence-corrected chi connectivity index (χ1v) is 10.5. The second kappa shape index (κ2) is 10.7. The van der Waals surface area contributed by atoms with Crippen molar-refractivity contribution in [3.8, 4) is 11.5 Å². The highest BCUT2D eigenvalue weighted by molar-refractivity contribution is 6.33. The Balaban J connectivity index is 1.45. The highest BCUT2D eigenvalue weighted by Crippen LogP contribution is 2.29. The summed E-state index contributed by atoms with van der Waals surface area (Å²) in [5.41, 5.74) is 6.36. The number of halogens is 2. The number of ether oxygens (including phenoxy) is 2. The van der Waals surface area contributed by atoms with E-state index in [0.29, 0.717) is 36.8 Å². The summed E-state index contributed by atoms with van der Waals surface area (Å²) < 4.78 is 23.7. The van der Waals surface area contributed by atoms with Gasteiger partial charge in [0.2, 0.25) is 0 Å². The van der Waals surface area contributed by atoms with Gasteiger partial charge in [-0.3, -0.25) is 4.79 Å². The molecule has 1 heterocycles. The first-order chi connectivity index (χ1) is 14.9. The van der Waals surface area contributed by atoms with Crippen LogP contribution in [0.25, 0.3) is 0 Å². The largest absolute Gasteiger partial charge is 0.496 e. The molecule has 1 aliphatic rings. The Morgan fingerprint density at radius 2 is 2.10 bits per heavy atom. The van der Waals surface area contributed by atoms with Gasteiger partial charge in [0, 0.05) is 25.7 Å². The number of nitrogens with zero attached hydrogens (tertiary/aromatic N) is 1. The minimum absolute atomic E-state index is 0.268. The number of carbonyl (C=O) groups is 1. The van der Waals surface area contributed by atoms with Crippen molar-refractivity contribution >= 4 is 23.2 Å². The van der Waals surface area contributed by atoms with E-state index in [0.717, 1.165) is 19.5 Å². The third-order valence-electron chi connectivity index (χ3n) is 5.25. The quantitative estimate of drug-likeness (QED) is 0.422. The van der Waals surface area contributed by atoms with Crippen LogP contribution in [0.15, 0.2) is 36.4 Å². The first-order valence-electron chi connectivity index (χ1n) is 10.1. The van der Waals surface area contributed by atoms with Gasteiger partial charge in [0.25, 0.3) is 5.91 Å². The van der Waals surface area contributed by atoms with Gasteiger partial charge in [-0.2, -0.15) is 0 Å². The number of carbonyl (C=O) groups excluding carboxylic acids is 1. The van der Waals surface area contributed by atoms with Crippen LogP contribution in [0.3, 0.4) is 0 Å². The summed E-state index contributed by atoms with van der Waals surface area (Å²) in [6.45, 7) is 2.43. The number of methoxy groups -OCH3 is 1. The molecule has 0 radical (unpaired) electrons. The molecule has 31 heavy (non-hydrogen) atoms. The topological polar surface area (TPSA) is 97.0 Å². The van der Waals surface area contributed by atoms with E-state index in [-0.39, 0.29) is 28.4 Å². The molecule has 0 saturated carbocycles. The first kappa shape index (κ1) is 23.1. The highest BCUT2D eigenvalue weighted by atomic mass is 35.5. The molecular formula is C22H27ClFN3O4. The predicted octanol–water partition coefficient (Wildman–Crippen LogP) is 2.70. The van der Waals surface area contributed by atoms with Gasteiger partial charge in [0.1, 0.15) is 17.3 Å². The van der Waals surface area contributed by atoms with Crippen LogP contribution in [0.1, 0.15) is 23.2 Å². The molecular weight excluding hydrogens is 425 g/mol. The van der Waals surface area contributed by atoms with Crippen LogP contribution in [-0.2, 0) is 0 Å². The van der Waals surface area contributed by atoms with Crippen molar-refractivity contribution in [2.24, 2.45) is 0 Å². The van der Waals surface area contributed by atoms with Crippen LogP contribution in [0.5, 0.6) is 11.5 Å². The molecule has 0 unspecified atom stereocenters. The molecule has 0 aromatic heterocycles. The number of β-amino-alcohol motifs (C(OH)–C–C–N with tert-alkyl or cyclic N) is 1. The minimum Gasteiger partial charge on any atom is -0.496 e. The van der Waals surface area contributed by atoms with Crippen molar-refractivity contribution < 1.29 is 23.8 Å². The average Bonchev–Trinajstić information content (AvgIpc) is 2.75. The Kier molecular flexibility index (Phi) is 7.95. The summed E-state index contributed by atoms with van der Waals surface area (Å²) in [5, 5.41) is 13.7. The molecule has 0 bridgehead atoms. The lowest BCUT2D eigenvalue weighted by molar-refractivity contribution is 0.0362. The molecule has 0 aliphatic carbocycles. The monoisotopic (exact) mass is 451 g/mol. The molecule has 1 amide bonds. The van der Waals surface area contributed by atoms with E-state index in [9.17, 15) is 14.3 Å². The summed E-state index contributed by atoms with van der Waals surface area (Å²) >= 11 is 6.04. The van der Waals surface area contributed by atoms with E-state index < -0.39 is 6.10 Å². The molecule has 9 heteroatoms. The van der Waals surface area contributed by atoms with Crippen LogP contribution in [-0.4, -0.2) is 61.4 Å². The lowest BCUT2D eigenvalue weighted by atomic mass is 10.0. The second-order valence-corrected chi connectivity index (χ2v) is 7.87. The van der Waals surface area contributed by atoms with E-state index in [4.69, 9.17) is 26.8 Å². The Labute approximate surface area is 185 Å². The minimum atomic E-state index is -0.703. The molecule has 1 aliphatic heterocycles. The fraction of sp³-hybridized carbons (Fsp3) is 0.409. The molecule has 168 valence electrons. The number of nitrogens with two attached hydrogens (primary N) is 1. The Morgan fingerprint density at radius 1 is 1.35 bits per heavy atom. The van der Waals surface area contributed by atoms with E-state index in [2.05, 4.69) is 10.2 Å². The maximum absolute atomic E-state index is 12.9. The molecule has 2 aromatic rings. The number of likely N-dealkylation sites (tertiary alicyclic amines) is 1. The van der Waals surface area contributed by atoms with Gasteiger partial charge in [0.05, 0.1) is 42.1 Å². The highest BCUT2D eigenvalue weighted by Gasteiger charge is 2.29. The number of aliphatic hydroxyl groups is 1. The van der Waals surface area contributed by atoms with E-state index in [1.165, 1.54) is 31.4 Å². The number of amides is 1. The third kappa shape index (κ3) is 6.22. The number of nitrogen functional groups attached to an aromatic ring is 1. The Hall–Kier alpha value is -2.55. The lowest BCUT2D eigenvalue weighted by Crippen LogP contribution is -2.54. The number of hydrogen-bond donors (Lipinski definition) is 3. The standard InChI is InChI=1S/C22H27ClFN3O4/c1-30-21-12-18(25)17(23)11-16(21)22(29)26-19-7-9-27(13-20(19)28)8-2-10-31-15-5-3-14(24)4-6-15/h3-6,11-12,19-20,28H,2,7-10,13,25H2,1H3,(H,26,29)/t19-,20+/m0/s1. The average molecular weight is 452 g/mol. The van der Waals surface area contributed by atoms with Crippen molar-refractivity contribution in [3.05, 3.63) is 52.8 Å². The number of aliphatic hydroxyl groups excluding tert-OH is 1. The van der Waals surface area contributed by atoms with Crippen LogP contribution in [0.2, 0.25) is 5.02 Å². The van der Waals surface area contributed by atoms with Crippen LogP contribution in [0.4, 0.5) is 10.1 Å². The van der Waals surface area contributed by atoms with Crippen LogP contribution < -0.4 is 20.5 Å². The molecule has 1 fully saturated rings. The molecule has 2 aromatic carbocycles. The predicted molar refractivity (Wildman–Crippen MR) is 117 cm³/mol. The van der Waals surface area contributed by atoms with E-state index >= 15 is 0 Å². The zero-order valence-corrected chi connectivity index (χ0v) is 18.1. The molecule has 1 saturated heterocycles. The summed E-state index contributed by atoms with van der Waals surface area (Å²) in [6, 6.07) is 8.50. The SMILES string of the molecule is COc1cc(N)c(Cl)cc1C(=O)N[C@H]1CCN(CCCOc2ccc(F)cc2)C[C@H]1O. The normalized spacial score (nSPS) is 19.1. The van der Waals surface area contributed by atoms with Gasteiger partial charge in [-0.15, -0.1) is 0 Å². The van der Waals surface area contributed by atoms with Crippen molar-refractivity contribution in [2.75, 3.05) is 39.1 Å².